The second-order valence-corrected chi connectivity index (χ2v) is 5.16. The van der Waals surface area contributed by atoms with Crippen molar-refractivity contribution in [2.45, 2.75) is 20.0 Å². The zero-order valence-electron chi connectivity index (χ0n) is 10.2. The van der Waals surface area contributed by atoms with Crippen LogP contribution in [0.2, 0.25) is 0 Å². The molecule has 2 heterocycles. The van der Waals surface area contributed by atoms with E-state index in [1.54, 1.807) is 0 Å². The summed E-state index contributed by atoms with van der Waals surface area (Å²) in [4.78, 5) is 6.55. The van der Waals surface area contributed by atoms with Gasteiger partial charge >= 0.3 is 0 Å². The lowest BCUT2D eigenvalue weighted by atomic mass is 10.4. The number of aryl methyl sites for hydroxylation is 1. The monoisotopic (exact) mass is 253 g/mol. The average molecular weight is 253 g/mol. The molecule has 17 heavy (non-hydrogen) atoms. The molecule has 1 aliphatic heterocycles. The van der Waals surface area contributed by atoms with E-state index in [1.807, 2.05) is 28.7 Å². The van der Waals surface area contributed by atoms with Crippen LogP contribution in [0.4, 0.5) is 0 Å². The number of nitrogens with zero attached hydrogens (tertiary/aromatic N) is 4. The molecular weight excluding hydrogens is 234 g/mol. The molecule has 0 aliphatic carbocycles. The van der Waals surface area contributed by atoms with E-state index in [1.165, 1.54) is 0 Å². The maximum Gasteiger partial charge on any atom is 0.191 e. The van der Waals surface area contributed by atoms with Crippen molar-refractivity contribution < 1.29 is 0 Å². The number of nitrogens with two attached hydrogens (primary N) is 1. The van der Waals surface area contributed by atoms with Gasteiger partial charge in [0.25, 0.3) is 0 Å². The van der Waals surface area contributed by atoms with Gasteiger partial charge < -0.3 is 10.6 Å². The Morgan fingerprint density at radius 2 is 2.29 bits per heavy atom. The zero-order chi connectivity index (χ0) is 12.1. The number of rotatable bonds is 3. The molecule has 0 saturated carbocycles. The van der Waals surface area contributed by atoms with E-state index < -0.39 is 0 Å². The van der Waals surface area contributed by atoms with Crippen molar-refractivity contribution in [1.29, 1.82) is 0 Å². The van der Waals surface area contributed by atoms with Crippen molar-refractivity contribution in [3.05, 3.63) is 18.0 Å². The van der Waals surface area contributed by atoms with Crippen molar-refractivity contribution in [3.63, 3.8) is 0 Å². The fourth-order valence-corrected chi connectivity index (χ4v) is 2.62. The smallest absolute Gasteiger partial charge is 0.191 e. The van der Waals surface area contributed by atoms with E-state index in [9.17, 15) is 0 Å². The Balaban J connectivity index is 1.90. The first kappa shape index (κ1) is 12.3. The van der Waals surface area contributed by atoms with Gasteiger partial charge in [0.15, 0.2) is 5.96 Å². The molecule has 0 aromatic carbocycles. The summed E-state index contributed by atoms with van der Waals surface area (Å²) >= 11 is 1.97. The maximum atomic E-state index is 5.97. The van der Waals surface area contributed by atoms with Crippen LogP contribution in [-0.2, 0) is 13.1 Å². The van der Waals surface area contributed by atoms with Gasteiger partial charge in [-0.1, -0.05) is 0 Å². The van der Waals surface area contributed by atoms with Crippen molar-refractivity contribution in [1.82, 2.24) is 14.7 Å². The first-order chi connectivity index (χ1) is 8.29. The fraction of sp³-hybridized carbons (Fsp3) is 0.636. The molecule has 1 saturated heterocycles. The van der Waals surface area contributed by atoms with Gasteiger partial charge in [0, 0.05) is 37.3 Å². The molecule has 2 rings (SSSR count). The van der Waals surface area contributed by atoms with Gasteiger partial charge in [-0.15, -0.1) is 0 Å². The molecule has 0 spiro atoms. The van der Waals surface area contributed by atoms with E-state index >= 15 is 0 Å². The largest absolute Gasteiger partial charge is 0.370 e. The Morgan fingerprint density at radius 3 is 2.94 bits per heavy atom. The summed E-state index contributed by atoms with van der Waals surface area (Å²) in [5, 5.41) is 4.38. The summed E-state index contributed by atoms with van der Waals surface area (Å²) in [5.41, 5.74) is 6.94. The quantitative estimate of drug-likeness (QED) is 0.638. The van der Waals surface area contributed by atoms with Crippen LogP contribution < -0.4 is 5.73 Å². The Bertz CT molecular complexity index is 381. The summed E-state index contributed by atoms with van der Waals surface area (Å²) in [6.45, 7) is 5.54. The maximum absolute atomic E-state index is 5.97. The van der Waals surface area contributed by atoms with Crippen molar-refractivity contribution in [3.8, 4) is 0 Å². The van der Waals surface area contributed by atoms with E-state index in [-0.39, 0.29) is 0 Å². The van der Waals surface area contributed by atoms with E-state index in [4.69, 9.17) is 5.73 Å². The summed E-state index contributed by atoms with van der Waals surface area (Å²) in [6, 6.07) is 1.99. The van der Waals surface area contributed by atoms with Crippen LogP contribution in [0.25, 0.3) is 0 Å². The highest BCUT2D eigenvalue weighted by Gasteiger charge is 2.11. The topological polar surface area (TPSA) is 59.4 Å². The van der Waals surface area contributed by atoms with Crippen LogP contribution in [0.5, 0.6) is 0 Å². The summed E-state index contributed by atoms with van der Waals surface area (Å²) in [7, 11) is 0. The molecule has 94 valence electrons. The second kappa shape index (κ2) is 5.95. The molecule has 1 aliphatic rings. The van der Waals surface area contributed by atoms with Crippen LogP contribution in [0.15, 0.2) is 17.3 Å². The minimum atomic E-state index is 0.572. The lowest BCUT2D eigenvalue weighted by Gasteiger charge is -2.27. The minimum Gasteiger partial charge on any atom is -0.370 e. The molecule has 0 unspecified atom stereocenters. The van der Waals surface area contributed by atoms with Crippen LogP contribution in [0, 0.1) is 0 Å². The predicted molar refractivity (Wildman–Crippen MR) is 72.1 cm³/mol. The predicted octanol–water partition coefficient (Wildman–Crippen LogP) is 0.767. The molecule has 0 radical (unpaired) electrons. The standard InChI is InChI=1S/C11H19N5S/c1-2-16-4-3-10(14-16)9-13-11(12)15-5-7-17-8-6-15/h3-4H,2,5-9H2,1H3,(H2,12,13). The minimum absolute atomic E-state index is 0.572. The summed E-state index contributed by atoms with van der Waals surface area (Å²) in [5.74, 6) is 2.93. The molecule has 0 amide bonds. The molecule has 6 heteroatoms. The summed E-state index contributed by atoms with van der Waals surface area (Å²) in [6.07, 6.45) is 1.97. The number of aromatic nitrogens is 2. The van der Waals surface area contributed by atoms with Crippen molar-refractivity contribution in [2.75, 3.05) is 24.6 Å². The summed E-state index contributed by atoms with van der Waals surface area (Å²) < 4.78 is 1.90. The van der Waals surface area contributed by atoms with Gasteiger partial charge in [0.05, 0.1) is 12.2 Å². The first-order valence-corrected chi connectivity index (χ1v) is 7.10. The van der Waals surface area contributed by atoms with Crippen LogP contribution in [0.1, 0.15) is 12.6 Å². The van der Waals surface area contributed by atoms with Crippen LogP contribution in [-0.4, -0.2) is 45.2 Å². The molecule has 1 aromatic rings. The number of hydrogen-bond acceptors (Lipinski definition) is 3. The average Bonchev–Trinajstić information content (AvgIpc) is 2.85. The van der Waals surface area contributed by atoms with Crippen molar-refractivity contribution >= 4 is 17.7 Å². The SMILES string of the molecule is CCn1ccc(CN=C(N)N2CCSCC2)n1. The highest BCUT2D eigenvalue weighted by atomic mass is 32.2. The Kier molecular flexibility index (Phi) is 4.30. The third-order valence-corrected chi connectivity index (χ3v) is 3.70. The normalized spacial score (nSPS) is 17.5. The van der Waals surface area contributed by atoms with Crippen molar-refractivity contribution in [2.24, 2.45) is 10.7 Å². The highest BCUT2D eigenvalue weighted by Crippen LogP contribution is 2.08. The number of aliphatic imine (C=N–C) groups is 1. The lowest BCUT2D eigenvalue weighted by molar-refractivity contribution is 0.455. The molecule has 0 atom stereocenters. The number of guanidine groups is 1. The number of thioether (sulfide) groups is 1. The second-order valence-electron chi connectivity index (χ2n) is 3.94. The zero-order valence-corrected chi connectivity index (χ0v) is 11.0. The van der Waals surface area contributed by atoms with E-state index in [0.717, 1.165) is 36.8 Å². The molecular formula is C11H19N5S. The fourth-order valence-electron chi connectivity index (χ4n) is 1.72. The highest BCUT2D eigenvalue weighted by molar-refractivity contribution is 7.99. The first-order valence-electron chi connectivity index (χ1n) is 5.94. The Morgan fingerprint density at radius 1 is 1.53 bits per heavy atom. The van der Waals surface area contributed by atoms with E-state index in [0.29, 0.717) is 12.5 Å². The molecule has 5 nitrogen and oxygen atoms in total. The van der Waals surface area contributed by atoms with E-state index in [2.05, 4.69) is 21.9 Å². The molecule has 1 fully saturated rings. The number of hydrogen-bond donors (Lipinski definition) is 1. The van der Waals surface area contributed by atoms with Gasteiger partial charge in [-0.05, 0) is 13.0 Å². The Hall–Kier alpha value is -1.17. The van der Waals surface area contributed by atoms with Gasteiger partial charge in [0.2, 0.25) is 0 Å². The Labute approximate surface area is 106 Å². The van der Waals surface area contributed by atoms with Gasteiger partial charge in [-0.3, -0.25) is 4.68 Å². The third kappa shape index (κ3) is 3.39. The van der Waals surface area contributed by atoms with Gasteiger partial charge in [-0.25, -0.2) is 4.99 Å². The molecule has 1 aromatic heterocycles. The van der Waals surface area contributed by atoms with Gasteiger partial charge in [-0.2, -0.15) is 16.9 Å². The molecule has 0 bridgehead atoms. The lowest BCUT2D eigenvalue weighted by Crippen LogP contribution is -2.42. The van der Waals surface area contributed by atoms with Crippen LogP contribution >= 0.6 is 11.8 Å². The molecule has 2 N–H and O–H groups in total. The van der Waals surface area contributed by atoms with Gasteiger partial charge in [0.1, 0.15) is 0 Å². The third-order valence-electron chi connectivity index (χ3n) is 2.76. The van der Waals surface area contributed by atoms with Crippen LogP contribution in [0.3, 0.4) is 0 Å².